The number of rotatable bonds is 7. The molecule has 1 amide bonds. The molecular formula is C13H18F2N2O2. The highest BCUT2D eigenvalue weighted by Crippen LogP contribution is 2.16. The first-order chi connectivity index (χ1) is 8.81. The lowest BCUT2D eigenvalue weighted by Gasteiger charge is -2.19. The Labute approximate surface area is 110 Å². The number of hydrogen-bond acceptors (Lipinski definition) is 3. The van der Waals surface area contributed by atoms with Crippen molar-refractivity contribution >= 4 is 5.91 Å². The smallest absolute Gasteiger partial charge is 0.237 e. The number of hydrogen-bond donors (Lipinski definition) is 2. The zero-order valence-electron chi connectivity index (χ0n) is 10.8. The SMILES string of the molecule is CC(N)(CCCCOc1cc(F)cc(F)c1)C(N)=O. The van der Waals surface area contributed by atoms with Gasteiger partial charge in [0.1, 0.15) is 17.4 Å². The molecule has 1 unspecified atom stereocenters. The number of ether oxygens (including phenoxy) is 1. The van der Waals surface area contributed by atoms with Crippen molar-refractivity contribution in [1.82, 2.24) is 0 Å². The number of halogens is 2. The van der Waals surface area contributed by atoms with E-state index in [9.17, 15) is 13.6 Å². The molecule has 19 heavy (non-hydrogen) atoms. The van der Waals surface area contributed by atoms with Gasteiger partial charge in [0.05, 0.1) is 12.1 Å². The fraction of sp³-hybridized carbons (Fsp3) is 0.462. The van der Waals surface area contributed by atoms with E-state index >= 15 is 0 Å². The van der Waals surface area contributed by atoms with E-state index in [4.69, 9.17) is 16.2 Å². The molecule has 0 saturated heterocycles. The molecular weight excluding hydrogens is 254 g/mol. The predicted octanol–water partition coefficient (Wildman–Crippen LogP) is 1.72. The molecule has 106 valence electrons. The molecule has 0 aromatic heterocycles. The molecule has 0 radical (unpaired) electrons. The largest absolute Gasteiger partial charge is 0.493 e. The van der Waals surface area contributed by atoms with Gasteiger partial charge in [0.2, 0.25) is 5.91 Å². The van der Waals surface area contributed by atoms with E-state index in [1.165, 1.54) is 0 Å². The second kappa shape index (κ2) is 6.47. The van der Waals surface area contributed by atoms with Crippen LogP contribution >= 0.6 is 0 Å². The number of nitrogens with two attached hydrogens (primary N) is 2. The molecule has 1 atom stereocenters. The van der Waals surface area contributed by atoms with Crippen LogP contribution in [-0.4, -0.2) is 18.1 Å². The minimum atomic E-state index is -1.04. The summed E-state index contributed by atoms with van der Waals surface area (Å²) in [4.78, 5) is 11.0. The Morgan fingerprint density at radius 1 is 1.26 bits per heavy atom. The minimum absolute atomic E-state index is 0.142. The van der Waals surface area contributed by atoms with E-state index in [-0.39, 0.29) is 12.4 Å². The average Bonchev–Trinajstić information content (AvgIpc) is 2.26. The van der Waals surface area contributed by atoms with Crippen LogP contribution in [0, 0.1) is 11.6 Å². The predicted molar refractivity (Wildman–Crippen MR) is 67.5 cm³/mol. The van der Waals surface area contributed by atoms with Gasteiger partial charge in [0.25, 0.3) is 0 Å². The minimum Gasteiger partial charge on any atom is -0.493 e. The Hall–Kier alpha value is -1.69. The molecule has 4 nitrogen and oxygen atoms in total. The number of primary amides is 1. The lowest BCUT2D eigenvalue weighted by Crippen LogP contribution is -2.49. The quantitative estimate of drug-likeness (QED) is 0.742. The van der Waals surface area contributed by atoms with E-state index in [1.807, 2.05) is 0 Å². The van der Waals surface area contributed by atoms with Crippen molar-refractivity contribution in [2.75, 3.05) is 6.61 Å². The summed E-state index contributed by atoms with van der Waals surface area (Å²) in [6.07, 6.45) is 1.68. The molecule has 0 aliphatic heterocycles. The van der Waals surface area contributed by atoms with E-state index in [0.717, 1.165) is 18.2 Å². The Bertz CT molecular complexity index is 430. The summed E-state index contributed by atoms with van der Waals surface area (Å²) in [6, 6.07) is 3.00. The van der Waals surface area contributed by atoms with E-state index in [0.29, 0.717) is 19.3 Å². The van der Waals surface area contributed by atoms with Crippen molar-refractivity contribution in [3.8, 4) is 5.75 Å². The van der Waals surface area contributed by atoms with Crippen LogP contribution < -0.4 is 16.2 Å². The standard InChI is InChI=1S/C13H18F2N2O2/c1-13(17,12(16)18)4-2-3-5-19-11-7-9(14)6-10(15)8-11/h6-8H,2-5,17H2,1H3,(H2,16,18). The molecule has 4 N–H and O–H groups in total. The van der Waals surface area contributed by atoms with Gasteiger partial charge in [0.15, 0.2) is 0 Å². The Morgan fingerprint density at radius 3 is 2.37 bits per heavy atom. The van der Waals surface area contributed by atoms with Crippen LogP contribution in [0.2, 0.25) is 0 Å². The van der Waals surface area contributed by atoms with Gasteiger partial charge in [-0.15, -0.1) is 0 Å². The molecule has 1 rings (SSSR count). The van der Waals surface area contributed by atoms with Gasteiger partial charge in [-0.1, -0.05) is 0 Å². The second-order valence-corrected chi connectivity index (χ2v) is 4.69. The summed E-state index contributed by atoms with van der Waals surface area (Å²) in [7, 11) is 0. The van der Waals surface area contributed by atoms with Gasteiger partial charge in [-0.05, 0) is 26.2 Å². The van der Waals surface area contributed by atoms with Gasteiger partial charge in [-0.2, -0.15) is 0 Å². The van der Waals surface area contributed by atoms with Crippen molar-refractivity contribution < 1.29 is 18.3 Å². The summed E-state index contributed by atoms with van der Waals surface area (Å²) in [5.41, 5.74) is 9.77. The Morgan fingerprint density at radius 2 is 1.84 bits per heavy atom. The van der Waals surface area contributed by atoms with Crippen LogP contribution in [0.15, 0.2) is 18.2 Å². The first-order valence-electron chi connectivity index (χ1n) is 5.99. The van der Waals surface area contributed by atoms with Crippen molar-refractivity contribution in [3.05, 3.63) is 29.8 Å². The monoisotopic (exact) mass is 272 g/mol. The molecule has 0 bridgehead atoms. The number of unbranched alkanes of at least 4 members (excludes halogenated alkanes) is 1. The summed E-state index contributed by atoms with van der Waals surface area (Å²) in [5, 5.41) is 0. The molecule has 1 aromatic rings. The van der Waals surface area contributed by atoms with E-state index < -0.39 is 23.1 Å². The molecule has 0 heterocycles. The zero-order chi connectivity index (χ0) is 14.5. The second-order valence-electron chi connectivity index (χ2n) is 4.69. The third-order valence-electron chi connectivity index (χ3n) is 2.76. The first-order valence-corrected chi connectivity index (χ1v) is 5.99. The van der Waals surface area contributed by atoms with Crippen LogP contribution in [0.5, 0.6) is 5.75 Å². The Balaban J connectivity index is 2.30. The van der Waals surface area contributed by atoms with Crippen molar-refractivity contribution in [3.63, 3.8) is 0 Å². The van der Waals surface area contributed by atoms with Crippen molar-refractivity contribution in [2.45, 2.75) is 31.7 Å². The molecule has 6 heteroatoms. The molecule has 0 saturated carbocycles. The zero-order valence-corrected chi connectivity index (χ0v) is 10.8. The normalized spacial score (nSPS) is 13.9. The number of amides is 1. The van der Waals surface area contributed by atoms with Gasteiger partial charge in [0, 0.05) is 18.2 Å². The third kappa shape index (κ3) is 5.21. The van der Waals surface area contributed by atoms with Crippen LogP contribution in [0.3, 0.4) is 0 Å². The van der Waals surface area contributed by atoms with Crippen LogP contribution in [0.4, 0.5) is 8.78 Å². The van der Waals surface area contributed by atoms with Crippen molar-refractivity contribution in [2.24, 2.45) is 11.5 Å². The van der Waals surface area contributed by atoms with Crippen LogP contribution in [0.25, 0.3) is 0 Å². The molecule has 0 spiro atoms. The first kappa shape index (κ1) is 15.4. The summed E-state index contributed by atoms with van der Waals surface area (Å²) in [5.74, 6) is -1.78. The maximum Gasteiger partial charge on any atom is 0.237 e. The highest BCUT2D eigenvalue weighted by Gasteiger charge is 2.24. The highest BCUT2D eigenvalue weighted by molar-refractivity contribution is 5.83. The number of carbonyl (C=O) groups is 1. The van der Waals surface area contributed by atoms with E-state index in [2.05, 4.69) is 0 Å². The highest BCUT2D eigenvalue weighted by atomic mass is 19.1. The van der Waals surface area contributed by atoms with Crippen molar-refractivity contribution in [1.29, 1.82) is 0 Å². The lowest BCUT2D eigenvalue weighted by molar-refractivity contribution is -0.122. The van der Waals surface area contributed by atoms with Crippen LogP contribution in [-0.2, 0) is 4.79 Å². The molecule has 0 aliphatic rings. The summed E-state index contributed by atoms with van der Waals surface area (Å²) < 4.78 is 30.9. The van der Waals surface area contributed by atoms with Crippen LogP contribution in [0.1, 0.15) is 26.2 Å². The van der Waals surface area contributed by atoms with E-state index in [1.54, 1.807) is 6.92 Å². The number of benzene rings is 1. The Kier molecular flexibility index (Phi) is 5.23. The molecule has 0 fully saturated rings. The van der Waals surface area contributed by atoms with Gasteiger partial charge in [-0.3, -0.25) is 4.79 Å². The fourth-order valence-corrected chi connectivity index (χ4v) is 1.52. The summed E-state index contributed by atoms with van der Waals surface area (Å²) >= 11 is 0. The average molecular weight is 272 g/mol. The van der Waals surface area contributed by atoms with Gasteiger partial charge >= 0.3 is 0 Å². The third-order valence-corrected chi connectivity index (χ3v) is 2.76. The lowest BCUT2D eigenvalue weighted by atomic mass is 9.96. The maximum absolute atomic E-state index is 12.9. The fourth-order valence-electron chi connectivity index (χ4n) is 1.52. The number of carbonyl (C=O) groups excluding carboxylic acids is 1. The topological polar surface area (TPSA) is 78.3 Å². The molecule has 0 aliphatic carbocycles. The van der Waals surface area contributed by atoms with Gasteiger partial charge < -0.3 is 16.2 Å². The summed E-state index contributed by atoms with van der Waals surface area (Å²) in [6.45, 7) is 1.86. The molecule has 1 aromatic carbocycles. The maximum atomic E-state index is 12.9. The van der Waals surface area contributed by atoms with Gasteiger partial charge in [-0.25, -0.2) is 8.78 Å².